The Bertz CT molecular complexity index is 536. The van der Waals surface area contributed by atoms with E-state index in [1.54, 1.807) is 24.3 Å². The van der Waals surface area contributed by atoms with E-state index in [0.717, 1.165) is 0 Å². The van der Waals surface area contributed by atoms with Crippen molar-refractivity contribution in [2.45, 2.75) is 33.7 Å². The number of hydroxylamine groups is 1. The SMILES string of the molecule is C[C@@H](C(=O)OP(=O)(O)O)N(OCC(C)(C)C)c1ccccc1. The molecule has 22 heavy (non-hydrogen) atoms. The summed E-state index contributed by atoms with van der Waals surface area (Å²) in [5, 5.41) is 1.29. The fraction of sp³-hybridized carbons (Fsp3) is 0.500. The number of phosphoric ester groups is 1. The number of para-hydroxylation sites is 1. The molecule has 0 fully saturated rings. The fourth-order valence-electron chi connectivity index (χ4n) is 1.54. The van der Waals surface area contributed by atoms with E-state index in [0.29, 0.717) is 12.3 Å². The molecule has 1 atom stereocenters. The molecule has 8 heteroatoms. The van der Waals surface area contributed by atoms with E-state index < -0.39 is 19.8 Å². The number of carbonyl (C=O) groups excluding carboxylic acids is 1. The molecule has 1 aromatic carbocycles. The number of phosphoric acid groups is 1. The van der Waals surface area contributed by atoms with Crippen LogP contribution in [-0.2, 0) is 18.7 Å². The molecule has 0 saturated heterocycles. The van der Waals surface area contributed by atoms with E-state index in [-0.39, 0.29) is 5.41 Å². The highest BCUT2D eigenvalue weighted by atomic mass is 31.2. The maximum atomic E-state index is 11.9. The van der Waals surface area contributed by atoms with Gasteiger partial charge in [0, 0.05) is 0 Å². The van der Waals surface area contributed by atoms with Gasteiger partial charge in [-0.2, -0.15) is 0 Å². The van der Waals surface area contributed by atoms with Gasteiger partial charge < -0.3 is 4.52 Å². The second kappa shape index (κ2) is 7.24. The van der Waals surface area contributed by atoms with Crippen molar-refractivity contribution < 1.29 is 28.5 Å². The van der Waals surface area contributed by atoms with Crippen LogP contribution < -0.4 is 5.06 Å². The number of carbonyl (C=O) groups is 1. The molecule has 0 heterocycles. The number of hydrogen-bond donors (Lipinski definition) is 2. The van der Waals surface area contributed by atoms with Crippen LogP contribution >= 0.6 is 7.82 Å². The lowest BCUT2D eigenvalue weighted by Crippen LogP contribution is -2.41. The topological polar surface area (TPSA) is 96.3 Å². The maximum Gasteiger partial charge on any atom is 0.527 e. The maximum absolute atomic E-state index is 11.9. The summed E-state index contributed by atoms with van der Waals surface area (Å²) in [6, 6.07) is 7.78. The summed E-state index contributed by atoms with van der Waals surface area (Å²) >= 11 is 0. The monoisotopic (exact) mass is 331 g/mol. The normalized spacial score (nSPS) is 13.5. The predicted molar refractivity (Wildman–Crippen MR) is 81.9 cm³/mol. The Labute approximate surface area is 130 Å². The molecule has 0 aromatic heterocycles. The van der Waals surface area contributed by atoms with Crippen molar-refractivity contribution in [3.63, 3.8) is 0 Å². The van der Waals surface area contributed by atoms with Crippen molar-refractivity contribution in [1.29, 1.82) is 0 Å². The van der Waals surface area contributed by atoms with Gasteiger partial charge in [-0.3, -0.25) is 14.6 Å². The Morgan fingerprint density at radius 2 is 1.82 bits per heavy atom. The van der Waals surface area contributed by atoms with Gasteiger partial charge in [0.15, 0.2) is 6.04 Å². The van der Waals surface area contributed by atoms with Gasteiger partial charge >= 0.3 is 13.8 Å². The van der Waals surface area contributed by atoms with E-state index in [9.17, 15) is 9.36 Å². The molecular formula is C14H22NO6P. The molecule has 0 bridgehead atoms. The second-order valence-electron chi connectivity index (χ2n) is 6.07. The first kappa shape index (κ1) is 18.6. The number of hydrogen-bond acceptors (Lipinski definition) is 5. The summed E-state index contributed by atoms with van der Waals surface area (Å²) in [4.78, 5) is 35.0. The standard InChI is InChI=1S/C14H22NO6P/c1-11(13(16)21-22(17,18)19)15(20-10-14(2,3)4)12-8-6-5-7-9-12/h5-9,11H,10H2,1-4H3,(H2,17,18,19)/t11-/m0/s1. The molecule has 0 aliphatic carbocycles. The average molecular weight is 331 g/mol. The van der Waals surface area contributed by atoms with Crippen molar-refractivity contribution in [2.24, 2.45) is 5.41 Å². The predicted octanol–water partition coefficient (Wildman–Crippen LogP) is 2.50. The summed E-state index contributed by atoms with van der Waals surface area (Å²) in [5.74, 6) is -1.06. The Morgan fingerprint density at radius 3 is 2.27 bits per heavy atom. The number of anilines is 1. The van der Waals surface area contributed by atoms with Crippen molar-refractivity contribution >= 4 is 19.5 Å². The minimum Gasteiger partial charge on any atom is -0.369 e. The van der Waals surface area contributed by atoms with Gasteiger partial charge in [-0.05, 0) is 24.5 Å². The molecule has 0 aliphatic heterocycles. The van der Waals surface area contributed by atoms with Crippen LogP contribution in [0.3, 0.4) is 0 Å². The Balaban J connectivity index is 2.94. The summed E-state index contributed by atoms with van der Waals surface area (Å²) in [6.07, 6.45) is 0. The zero-order chi connectivity index (χ0) is 17.0. The molecule has 0 unspecified atom stereocenters. The van der Waals surface area contributed by atoms with Gasteiger partial charge in [0.2, 0.25) is 0 Å². The van der Waals surface area contributed by atoms with Crippen LogP contribution in [0.25, 0.3) is 0 Å². The number of benzene rings is 1. The second-order valence-corrected chi connectivity index (χ2v) is 7.24. The van der Waals surface area contributed by atoms with Gasteiger partial charge in [-0.15, -0.1) is 0 Å². The van der Waals surface area contributed by atoms with Crippen molar-refractivity contribution in [3.05, 3.63) is 30.3 Å². The quantitative estimate of drug-likeness (QED) is 0.610. The third kappa shape index (κ3) is 6.58. The first-order valence-electron chi connectivity index (χ1n) is 6.76. The Hall–Kier alpha value is -1.40. The third-order valence-electron chi connectivity index (χ3n) is 2.55. The summed E-state index contributed by atoms with van der Waals surface area (Å²) < 4.78 is 15.0. The van der Waals surface area contributed by atoms with Gasteiger partial charge in [0.1, 0.15) is 0 Å². The zero-order valence-electron chi connectivity index (χ0n) is 13.1. The largest absolute Gasteiger partial charge is 0.527 e. The minimum atomic E-state index is -4.89. The van der Waals surface area contributed by atoms with Crippen molar-refractivity contribution in [3.8, 4) is 0 Å². The van der Waals surface area contributed by atoms with E-state index in [4.69, 9.17) is 14.6 Å². The lowest BCUT2D eigenvalue weighted by atomic mass is 9.99. The van der Waals surface area contributed by atoms with Crippen molar-refractivity contribution in [2.75, 3.05) is 11.7 Å². The van der Waals surface area contributed by atoms with Crippen LogP contribution in [0.2, 0.25) is 0 Å². The van der Waals surface area contributed by atoms with Crippen LogP contribution in [0.5, 0.6) is 0 Å². The molecule has 0 saturated carbocycles. The lowest BCUT2D eigenvalue weighted by molar-refractivity contribution is -0.139. The fourth-order valence-corrected chi connectivity index (χ4v) is 1.92. The molecular weight excluding hydrogens is 309 g/mol. The first-order valence-corrected chi connectivity index (χ1v) is 8.29. The molecule has 1 rings (SSSR count). The van der Waals surface area contributed by atoms with Gasteiger partial charge in [0.25, 0.3) is 0 Å². The molecule has 7 nitrogen and oxygen atoms in total. The van der Waals surface area contributed by atoms with Crippen LogP contribution in [0.4, 0.5) is 5.69 Å². The van der Waals surface area contributed by atoms with Crippen LogP contribution in [-0.4, -0.2) is 28.4 Å². The molecule has 0 spiro atoms. The third-order valence-corrected chi connectivity index (χ3v) is 2.97. The molecule has 0 radical (unpaired) electrons. The van der Waals surface area contributed by atoms with E-state index in [2.05, 4.69) is 4.52 Å². The van der Waals surface area contributed by atoms with Gasteiger partial charge in [0.05, 0.1) is 12.3 Å². The highest BCUT2D eigenvalue weighted by Gasteiger charge is 2.31. The summed E-state index contributed by atoms with van der Waals surface area (Å²) in [7, 11) is -4.89. The highest BCUT2D eigenvalue weighted by molar-refractivity contribution is 7.46. The Morgan fingerprint density at radius 1 is 1.27 bits per heavy atom. The van der Waals surface area contributed by atoms with E-state index in [1.165, 1.54) is 12.0 Å². The zero-order valence-corrected chi connectivity index (χ0v) is 14.0. The lowest BCUT2D eigenvalue weighted by Gasteiger charge is -2.31. The van der Waals surface area contributed by atoms with Gasteiger partial charge in [-0.25, -0.2) is 14.4 Å². The van der Waals surface area contributed by atoms with Gasteiger partial charge in [-0.1, -0.05) is 39.0 Å². The summed E-state index contributed by atoms with van der Waals surface area (Å²) in [5.41, 5.74) is 0.432. The van der Waals surface area contributed by atoms with Crippen LogP contribution in [0.1, 0.15) is 27.7 Å². The van der Waals surface area contributed by atoms with E-state index in [1.807, 2.05) is 26.8 Å². The number of nitrogens with zero attached hydrogens (tertiary/aromatic N) is 1. The number of rotatable bonds is 6. The van der Waals surface area contributed by atoms with Crippen molar-refractivity contribution in [1.82, 2.24) is 0 Å². The molecule has 0 amide bonds. The molecule has 0 aliphatic rings. The smallest absolute Gasteiger partial charge is 0.369 e. The first-order chi connectivity index (χ1) is 9.99. The molecule has 2 N–H and O–H groups in total. The summed E-state index contributed by atoms with van der Waals surface area (Å²) in [6.45, 7) is 7.67. The van der Waals surface area contributed by atoms with Crippen LogP contribution in [0.15, 0.2) is 30.3 Å². The minimum absolute atomic E-state index is 0.153. The highest BCUT2D eigenvalue weighted by Crippen LogP contribution is 2.37. The molecule has 124 valence electrons. The van der Waals surface area contributed by atoms with Crippen LogP contribution in [0, 0.1) is 5.41 Å². The Kier molecular flexibility index (Phi) is 6.14. The molecule has 1 aromatic rings. The average Bonchev–Trinajstić information content (AvgIpc) is 2.36. The van der Waals surface area contributed by atoms with E-state index >= 15 is 0 Å².